The fourth-order valence-corrected chi connectivity index (χ4v) is 5.73. The Morgan fingerprint density at radius 3 is 2.38 bits per heavy atom. The molecule has 2 fully saturated rings. The third-order valence-corrected chi connectivity index (χ3v) is 7.85. The Bertz CT molecular complexity index is 1290. The van der Waals surface area contributed by atoms with Gasteiger partial charge in [-0.25, -0.2) is 9.97 Å². The van der Waals surface area contributed by atoms with Gasteiger partial charge in [0.15, 0.2) is 5.13 Å². The Morgan fingerprint density at radius 2 is 1.69 bits per heavy atom. The van der Waals surface area contributed by atoms with E-state index in [9.17, 15) is 0 Å². The average molecular weight is 548 g/mol. The van der Waals surface area contributed by atoms with E-state index in [1.807, 2.05) is 65.7 Å². The van der Waals surface area contributed by atoms with E-state index in [-0.39, 0.29) is 6.10 Å². The Kier molecular flexibility index (Phi) is 7.67. The lowest BCUT2D eigenvalue weighted by Crippen LogP contribution is -2.46. The lowest BCUT2D eigenvalue weighted by Gasteiger charge is -2.36. The van der Waals surface area contributed by atoms with Crippen molar-refractivity contribution in [2.24, 2.45) is 0 Å². The number of imidazole rings is 1. The summed E-state index contributed by atoms with van der Waals surface area (Å²) in [4.78, 5) is 13.4. The number of aromatic nitrogens is 3. The second-order valence-corrected chi connectivity index (χ2v) is 10.5. The van der Waals surface area contributed by atoms with Crippen molar-refractivity contribution >= 4 is 22.2 Å². The van der Waals surface area contributed by atoms with Crippen molar-refractivity contribution in [3.05, 3.63) is 84.4 Å². The van der Waals surface area contributed by atoms with Crippen LogP contribution in [0, 0.1) is 0 Å². The van der Waals surface area contributed by atoms with Crippen LogP contribution in [0.1, 0.15) is 12.5 Å². The molecule has 2 unspecified atom stereocenters. The zero-order valence-corrected chi connectivity index (χ0v) is 22.8. The van der Waals surface area contributed by atoms with Crippen LogP contribution in [0.25, 0.3) is 0 Å². The van der Waals surface area contributed by atoms with Gasteiger partial charge in [0.05, 0.1) is 26.1 Å². The number of hydrogen-bond acceptors (Lipinski definition) is 9. The largest absolute Gasteiger partial charge is 0.494 e. The summed E-state index contributed by atoms with van der Waals surface area (Å²) >= 11 is 1.70. The molecule has 2 saturated heterocycles. The van der Waals surface area contributed by atoms with Crippen molar-refractivity contribution in [3.8, 4) is 11.5 Å². The Morgan fingerprint density at radius 1 is 0.949 bits per heavy atom. The van der Waals surface area contributed by atoms with Gasteiger partial charge in [0, 0.05) is 61.4 Å². The molecule has 10 heteroatoms. The van der Waals surface area contributed by atoms with E-state index in [2.05, 4.69) is 31.9 Å². The van der Waals surface area contributed by atoms with Crippen LogP contribution >= 0.6 is 11.3 Å². The van der Waals surface area contributed by atoms with Crippen LogP contribution in [0.3, 0.4) is 0 Å². The number of ether oxygens (including phenoxy) is 4. The molecule has 2 aromatic carbocycles. The summed E-state index contributed by atoms with van der Waals surface area (Å²) in [6.07, 6.45) is 7.10. The highest BCUT2D eigenvalue weighted by molar-refractivity contribution is 7.13. The van der Waals surface area contributed by atoms with E-state index in [0.29, 0.717) is 26.4 Å². The molecule has 4 aromatic rings. The topological polar surface area (TPSA) is 74.1 Å². The first-order chi connectivity index (χ1) is 19.2. The lowest BCUT2D eigenvalue weighted by molar-refractivity contribution is -0.189. The monoisotopic (exact) mass is 547 g/mol. The Hall–Kier alpha value is -3.60. The normalized spacial score (nSPS) is 21.3. The van der Waals surface area contributed by atoms with Crippen molar-refractivity contribution in [2.45, 2.75) is 25.4 Å². The smallest absolute Gasteiger partial charge is 0.214 e. The van der Waals surface area contributed by atoms with E-state index >= 15 is 0 Å². The van der Waals surface area contributed by atoms with Gasteiger partial charge in [-0.05, 0) is 55.5 Å². The van der Waals surface area contributed by atoms with Crippen LogP contribution in [-0.2, 0) is 21.8 Å². The van der Waals surface area contributed by atoms with E-state index < -0.39 is 5.79 Å². The van der Waals surface area contributed by atoms with Crippen LogP contribution in [0.15, 0.2) is 78.8 Å². The van der Waals surface area contributed by atoms with Crippen LogP contribution in [0.5, 0.6) is 11.5 Å². The summed E-state index contributed by atoms with van der Waals surface area (Å²) < 4.78 is 26.6. The molecule has 2 atom stereocenters. The molecule has 0 saturated carbocycles. The van der Waals surface area contributed by atoms with Crippen LogP contribution in [0.4, 0.5) is 10.8 Å². The van der Waals surface area contributed by atoms with Gasteiger partial charge in [0.25, 0.3) is 0 Å². The molecule has 2 aromatic heterocycles. The molecule has 0 spiro atoms. The van der Waals surface area contributed by atoms with Gasteiger partial charge in [-0.1, -0.05) is 0 Å². The Labute approximate surface area is 232 Å². The molecule has 39 heavy (non-hydrogen) atoms. The van der Waals surface area contributed by atoms with Gasteiger partial charge in [0.1, 0.15) is 24.2 Å². The minimum atomic E-state index is -0.926. The number of anilines is 2. The first-order valence-corrected chi connectivity index (χ1v) is 14.2. The molecule has 204 valence electrons. The van der Waals surface area contributed by atoms with Crippen molar-refractivity contribution in [3.63, 3.8) is 0 Å². The van der Waals surface area contributed by atoms with Gasteiger partial charge in [-0.2, -0.15) is 0 Å². The SMILES string of the molecule is CCOc1ccc(C2(Cn3ccnc3)OCC(COc3ccc(N4CCN(c5nccs5)CC4)cc3)O2)cc1. The van der Waals surface area contributed by atoms with E-state index in [0.717, 1.165) is 48.4 Å². The highest BCUT2D eigenvalue weighted by atomic mass is 32.1. The zero-order valence-electron chi connectivity index (χ0n) is 22.0. The van der Waals surface area contributed by atoms with Crippen molar-refractivity contribution in [1.82, 2.24) is 14.5 Å². The molecule has 4 heterocycles. The summed E-state index contributed by atoms with van der Waals surface area (Å²) in [5.41, 5.74) is 2.14. The highest BCUT2D eigenvalue weighted by Crippen LogP contribution is 2.37. The predicted octanol–water partition coefficient (Wildman–Crippen LogP) is 4.41. The molecule has 2 aliphatic rings. The standard InChI is InChI=1S/C29H33N5O4S/c1-2-35-25-7-3-23(4-8-25)29(21-32-13-11-30-22-32)37-20-27(38-29)19-36-26-9-5-24(6-10-26)33-14-16-34(17-15-33)28-31-12-18-39-28/h3-13,18,22,27H,2,14-17,19-21H2,1H3. The summed E-state index contributed by atoms with van der Waals surface area (Å²) in [7, 11) is 0. The van der Waals surface area contributed by atoms with E-state index in [4.69, 9.17) is 18.9 Å². The minimum Gasteiger partial charge on any atom is -0.494 e. The maximum Gasteiger partial charge on any atom is 0.214 e. The number of nitrogens with zero attached hydrogens (tertiary/aromatic N) is 5. The fourth-order valence-electron chi connectivity index (χ4n) is 5.04. The third-order valence-electron chi connectivity index (χ3n) is 7.02. The predicted molar refractivity (Wildman–Crippen MR) is 151 cm³/mol. The van der Waals surface area contributed by atoms with Crippen molar-refractivity contribution < 1.29 is 18.9 Å². The first kappa shape index (κ1) is 25.7. The fraction of sp³-hybridized carbons (Fsp3) is 0.379. The maximum absolute atomic E-state index is 6.54. The van der Waals surface area contributed by atoms with Crippen LogP contribution in [-0.4, -0.2) is 66.6 Å². The number of rotatable bonds is 10. The van der Waals surface area contributed by atoms with Crippen LogP contribution < -0.4 is 19.3 Å². The second kappa shape index (κ2) is 11.6. The van der Waals surface area contributed by atoms with Gasteiger partial charge >= 0.3 is 0 Å². The van der Waals surface area contributed by atoms with Gasteiger partial charge < -0.3 is 33.3 Å². The molecule has 0 bridgehead atoms. The number of thiazole rings is 1. The molecule has 0 amide bonds. The summed E-state index contributed by atoms with van der Waals surface area (Å²) in [6, 6.07) is 16.2. The van der Waals surface area contributed by atoms with Crippen molar-refractivity contribution in [2.75, 3.05) is 55.8 Å². The molecular formula is C29H33N5O4S. The van der Waals surface area contributed by atoms with E-state index in [1.54, 1.807) is 23.9 Å². The number of benzene rings is 2. The molecule has 6 rings (SSSR count). The Balaban J connectivity index is 1.06. The average Bonchev–Trinajstić information content (AvgIpc) is 3.77. The lowest BCUT2D eigenvalue weighted by atomic mass is 10.1. The summed E-state index contributed by atoms with van der Waals surface area (Å²) in [5.74, 6) is 0.711. The van der Waals surface area contributed by atoms with Gasteiger partial charge in [-0.15, -0.1) is 11.3 Å². The maximum atomic E-state index is 6.54. The summed E-state index contributed by atoms with van der Waals surface area (Å²) in [5, 5.41) is 3.14. The second-order valence-electron chi connectivity index (χ2n) is 9.59. The zero-order chi connectivity index (χ0) is 26.5. The van der Waals surface area contributed by atoms with E-state index in [1.165, 1.54) is 5.69 Å². The third kappa shape index (κ3) is 5.88. The quantitative estimate of drug-likeness (QED) is 0.289. The number of hydrogen-bond donors (Lipinski definition) is 0. The number of piperazine rings is 1. The van der Waals surface area contributed by atoms with Gasteiger partial charge in [0.2, 0.25) is 5.79 Å². The van der Waals surface area contributed by atoms with Crippen LogP contribution in [0.2, 0.25) is 0 Å². The molecule has 0 aliphatic carbocycles. The molecule has 2 aliphatic heterocycles. The molecule has 0 radical (unpaired) electrons. The molecular weight excluding hydrogens is 514 g/mol. The first-order valence-electron chi connectivity index (χ1n) is 13.3. The van der Waals surface area contributed by atoms with Crippen molar-refractivity contribution in [1.29, 1.82) is 0 Å². The summed E-state index contributed by atoms with van der Waals surface area (Å²) in [6.45, 7) is 7.80. The molecule has 9 nitrogen and oxygen atoms in total. The minimum absolute atomic E-state index is 0.210. The van der Waals surface area contributed by atoms with Gasteiger partial charge in [-0.3, -0.25) is 0 Å². The highest BCUT2D eigenvalue weighted by Gasteiger charge is 2.44. The molecule has 0 N–H and O–H groups in total.